The topological polar surface area (TPSA) is 53.6 Å². The van der Waals surface area contributed by atoms with Crippen LogP contribution in [0.4, 0.5) is 5.69 Å². The van der Waals surface area contributed by atoms with Crippen molar-refractivity contribution in [2.24, 2.45) is 0 Å². The van der Waals surface area contributed by atoms with Crippen LogP contribution in [0.25, 0.3) is 0 Å². The molecule has 0 unspecified atom stereocenters. The number of nitrogens with one attached hydrogen (secondary N) is 2. The lowest BCUT2D eigenvalue weighted by Crippen LogP contribution is -2.46. The third-order valence-corrected chi connectivity index (χ3v) is 4.42. The predicted octanol–water partition coefficient (Wildman–Crippen LogP) is 2.13. The smallest absolute Gasteiger partial charge is 0.237 e. The third kappa shape index (κ3) is 5.52. The maximum Gasteiger partial charge on any atom is 0.237 e. The number of carbonyl (C=O) groups excluding carboxylic acids is 1. The summed E-state index contributed by atoms with van der Waals surface area (Å²) in [6.07, 6.45) is 3.25. The van der Waals surface area contributed by atoms with Crippen LogP contribution in [0.3, 0.4) is 0 Å². The Balaban J connectivity index is 0.00000144. The van der Waals surface area contributed by atoms with Gasteiger partial charge in [0.15, 0.2) is 0 Å². The molecule has 0 saturated carbocycles. The second-order valence-electron chi connectivity index (χ2n) is 5.95. The van der Waals surface area contributed by atoms with Gasteiger partial charge in [-0.2, -0.15) is 0 Å². The standard InChI is InChI=1S/C17H25N3O2.2ClH/c21-17(15-6-3-4-8-18-15)19-13-14-5-1-2-7-16(14)20-9-11-22-12-10-20;;/h1-2,5,7,15,18H,3-4,6,8-13H2,(H,19,21);2*1H/t15-;;/m1../s1. The summed E-state index contributed by atoms with van der Waals surface area (Å²) in [5, 5.41) is 6.38. The van der Waals surface area contributed by atoms with Gasteiger partial charge in [-0.25, -0.2) is 0 Å². The lowest BCUT2D eigenvalue weighted by molar-refractivity contribution is -0.123. The molecule has 2 fully saturated rings. The van der Waals surface area contributed by atoms with E-state index in [1.54, 1.807) is 0 Å². The zero-order chi connectivity index (χ0) is 15.2. The van der Waals surface area contributed by atoms with E-state index in [1.165, 1.54) is 17.7 Å². The summed E-state index contributed by atoms with van der Waals surface area (Å²) in [6.45, 7) is 4.90. The number of benzene rings is 1. The first-order valence-corrected chi connectivity index (χ1v) is 8.26. The fourth-order valence-corrected chi connectivity index (χ4v) is 3.15. The fourth-order valence-electron chi connectivity index (χ4n) is 3.15. The number of para-hydroxylation sites is 1. The molecule has 3 rings (SSSR count). The van der Waals surface area contributed by atoms with Crippen molar-refractivity contribution in [3.63, 3.8) is 0 Å². The van der Waals surface area contributed by atoms with Crippen LogP contribution in [0.1, 0.15) is 24.8 Å². The van der Waals surface area contributed by atoms with E-state index in [2.05, 4.69) is 33.7 Å². The molecule has 1 amide bonds. The van der Waals surface area contributed by atoms with Gasteiger partial charge in [-0.1, -0.05) is 24.6 Å². The van der Waals surface area contributed by atoms with Gasteiger partial charge in [-0.05, 0) is 31.0 Å². The first kappa shape index (κ1) is 21.0. The number of hydrogen-bond donors (Lipinski definition) is 2. The van der Waals surface area contributed by atoms with E-state index < -0.39 is 0 Å². The number of amides is 1. The van der Waals surface area contributed by atoms with Crippen LogP contribution in [0.2, 0.25) is 0 Å². The van der Waals surface area contributed by atoms with E-state index in [1.807, 2.05) is 6.07 Å². The molecule has 24 heavy (non-hydrogen) atoms. The minimum Gasteiger partial charge on any atom is -0.378 e. The van der Waals surface area contributed by atoms with Crippen LogP contribution in [0.15, 0.2) is 24.3 Å². The summed E-state index contributed by atoms with van der Waals surface area (Å²) in [4.78, 5) is 14.6. The number of nitrogens with zero attached hydrogens (tertiary/aromatic N) is 1. The zero-order valence-corrected chi connectivity index (χ0v) is 15.5. The summed E-state index contributed by atoms with van der Waals surface area (Å²) in [6, 6.07) is 8.29. The number of hydrogen-bond acceptors (Lipinski definition) is 4. The van der Waals surface area contributed by atoms with E-state index in [4.69, 9.17) is 4.74 Å². The second kappa shape index (κ2) is 10.8. The Bertz CT molecular complexity index is 504. The molecule has 0 aliphatic carbocycles. The summed E-state index contributed by atoms with van der Waals surface area (Å²) < 4.78 is 5.42. The molecule has 5 nitrogen and oxygen atoms in total. The number of halogens is 2. The fraction of sp³-hybridized carbons (Fsp3) is 0.588. The minimum atomic E-state index is -0.0238. The summed E-state index contributed by atoms with van der Waals surface area (Å²) >= 11 is 0. The predicted molar refractivity (Wildman–Crippen MR) is 101 cm³/mol. The Labute approximate surface area is 156 Å². The number of piperidine rings is 1. The Morgan fingerprint density at radius 3 is 2.67 bits per heavy atom. The molecule has 0 spiro atoms. The first-order valence-electron chi connectivity index (χ1n) is 8.26. The van der Waals surface area contributed by atoms with Gasteiger partial charge >= 0.3 is 0 Å². The van der Waals surface area contributed by atoms with E-state index in [-0.39, 0.29) is 36.8 Å². The van der Waals surface area contributed by atoms with Gasteiger partial charge in [-0.15, -0.1) is 24.8 Å². The van der Waals surface area contributed by atoms with Gasteiger partial charge in [0.1, 0.15) is 0 Å². The van der Waals surface area contributed by atoms with Crippen molar-refractivity contribution in [2.75, 3.05) is 37.7 Å². The second-order valence-corrected chi connectivity index (χ2v) is 5.95. The van der Waals surface area contributed by atoms with Crippen molar-refractivity contribution in [3.8, 4) is 0 Å². The largest absolute Gasteiger partial charge is 0.378 e. The molecule has 1 aromatic rings. The van der Waals surface area contributed by atoms with Crippen LogP contribution in [0.5, 0.6) is 0 Å². The lowest BCUT2D eigenvalue weighted by Gasteiger charge is -2.31. The molecule has 0 radical (unpaired) electrons. The highest BCUT2D eigenvalue weighted by atomic mass is 35.5. The van der Waals surface area contributed by atoms with E-state index in [9.17, 15) is 4.79 Å². The van der Waals surface area contributed by atoms with Crippen molar-refractivity contribution in [3.05, 3.63) is 29.8 Å². The molecule has 2 aliphatic heterocycles. The quantitative estimate of drug-likeness (QED) is 0.846. The molecule has 2 heterocycles. The zero-order valence-electron chi connectivity index (χ0n) is 13.8. The van der Waals surface area contributed by atoms with Crippen molar-refractivity contribution >= 4 is 36.4 Å². The summed E-state index contributed by atoms with van der Waals surface area (Å²) in [5.41, 5.74) is 2.39. The van der Waals surface area contributed by atoms with Gasteiger partial charge in [0.05, 0.1) is 19.3 Å². The lowest BCUT2D eigenvalue weighted by atomic mass is 10.0. The normalized spacial score (nSPS) is 20.5. The van der Waals surface area contributed by atoms with Crippen LogP contribution in [-0.4, -0.2) is 44.8 Å². The molecular weight excluding hydrogens is 349 g/mol. The number of anilines is 1. The van der Waals surface area contributed by atoms with Crippen molar-refractivity contribution in [2.45, 2.75) is 31.8 Å². The van der Waals surface area contributed by atoms with Crippen LogP contribution < -0.4 is 15.5 Å². The Kier molecular flexibility index (Phi) is 9.44. The molecule has 2 saturated heterocycles. The van der Waals surface area contributed by atoms with Crippen molar-refractivity contribution in [1.82, 2.24) is 10.6 Å². The maximum atomic E-state index is 12.3. The molecule has 0 aromatic heterocycles. The first-order chi connectivity index (χ1) is 10.8. The van der Waals surface area contributed by atoms with Gasteiger partial charge in [-0.3, -0.25) is 4.79 Å². The molecule has 1 aromatic carbocycles. The molecule has 0 bridgehead atoms. The Morgan fingerprint density at radius 2 is 1.96 bits per heavy atom. The van der Waals surface area contributed by atoms with Gasteiger partial charge in [0, 0.05) is 25.3 Å². The van der Waals surface area contributed by atoms with Crippen LogP contribution in [0, 0.1) is 0 Å². The summed E-state index contributed by atoms with van der Waals surface area (Å²) in [7, 11) is 0. The number of ether oxygens (including phenoxy) is 1. The van der Waals surface area contributed by atoms with Crippen LogP contribution in [-0.2, 0) is 16.1 Å². The number of rotatable bonds is 4. The highest BCUT2D eigenvalue weighted by molar-refractivity contribution is 5.85. The van der Waals surface area contributed by atoms with Gasteiger partial charge < -0.3 is 20.3 Å². The average molecular weight is 376 g/mol. The van der Waals surface area contributed by atoms with Crippen molar-refractivity contribution < 1.29 is 9.53 Å². The average Bonchev–Trinajstić information content (AvgIpc) is 2.61. The minimum absolute atomic E-state index is 0. The monoisotopic (exact) mass is 375 g/mol. The van der Waals surface area contributed by atoms with Crippen LogP contribution >= 0.6 is 24.8 Å². The summed E-state index contributed by atoms with van der Waals surface area (Å²) in [5.74, 6) is 0.122. The highest BCUT2D eigenvalue weighted by Gasteiger charge is 2.21. The molecule has 7 heteroatoms. The molecule has 2 aliphatic rings. The number of morpholine rings is 1. The molecular formula is C17H27Cl2N3O2. The SMILES string of the molecule is Cl.Cl.O=C(NCc1ccccc1N1CCOCC1)[C@H]1CCCCN1. The van der Waals surface area contributed by atoms with Crippen molar-refractivity contribution in [1.29, 1.82) is 0 Å². The van der Waals surface area contributed by atoms with Gasteiger partial charge in [0.2, 0.25) is 5.91 Å². The third-order valence-electron chi connectivity index (χ3n) is 4.42. The van der Waals surface area contributed by atoms with E-state index in [0.717, 1.165) is 45.7 Å². The Hall–Kier alpha value is -1.01. The van der Waals surface area contributed by atoms with E-state index >= 15 is 0 Å². The number of carbonyl (C=O) groups is 1. The van der Waals surface area contributed by atoms with E-state index in [0.29, 0.717) is 6.54 Å². The Morgan fingerprint density at radius 1 is 1.21 bits per heavy atom. The highest BCUT2D eigenvalue weighted by Crippen LogP contribution is 2.21. The van der Waals surface area contributed by atoms with Gasteiger partial charge in [0.25, 0.3) is 0 Å². The molecule has 2 N–H and O–H groups in total. The maximum absolute atomic E-state index is 12.3. The molecule has 1 atom stereocenters. The molecule has 136 valence electrons.